The first-order chi connectivity index (χ1) is 6.26. The fourth-order valence-electron chi connectivity index (χ4n) is 0.806. The molecular weight excluding hydrogens is 172 g/mol. The number of aromatic nitrogens is 2. The Morgan fingerprint density at radius 1 is 1.69 bits per heavy atom. The number of amidine groups is 1. The van der Waals surface area contributed by atoms with Crippen LogP contribution in [0.4, 0.5) is 0 Å². The third kappa shape index (κ3) is 2.58. The molecule has 0 aromatic carbocycles. The Balaban J connectivity index is 2.77. The summed E-state index contributed by atoms with van der Waals surface area (Å²) >= 11 is 0. The maximum Gasteiger partial charge on any atom is 0.216 e. The van der Waals surface area contributed by atoms with E-state index < -0.39 is 0 Å². The normalized spacial score (nSPS) is 11.3. The number of rotatable bonds is 3. The lowest BCUT2D eigenvalue weighted by molar-refractivity contribution is 0.317. The molecule has 0 aliphatic heterocycles. The quantitative estimate of drug-likeness (QED) is 0.291. The summed E-state index contributed by atoms with van der Waals surface area (Å²) in [5, 5.41) is 11.1. The summed E-state index contributed by atoms with van der Waals surface area (Å²) in [6, 6.07) is 1.62. The van der Waals surface area contributed by atoms with Gasteiger partial charge in [-0.1, -0.05) is 5.16 Å². The molecule has 1 aromatic heterocycles. The van der Waals surface area contributed by atoms with Crippen molar-refractivity contribution in [3.63, 3.8) is 0 Å². The van der Waals surface area contributed by atoms with E-state index in [0.29, 0.717) is 11.6 Å². The molecular formula is C7H10N4O2. The lowest BCUT2D eigenvalue weighted by Crippen LogP contribution is -2.15. The number of nitrogens with zero attached hydrogens (tertiary/aromatic N) is 3. The van der Waals surface area contributed by atoms with E-state index in [1.807, 2.05) is 0 Å². The lowest BCUT2D eigenvalue weighted by atomic mass is 10.3. The third-order valence-corrected chi connectivity index (χ3v) is 1.40. The van der Waals surface area contributed by atoms with Crippen molar-refractivity contribution in [2.45, 2.75) is 6.42 Å². The zero-order valence-corrected chi connectivity index (χ0v) is 7.14. The molecule has 0 aliphatic rings. The molecule has 1 aromatic rings. The van der Waals surface area contributed by atoms with Crippen molar-refractivity contribution in [1.82, 2.24) is 9.97 Å². The van der Waals surface area contributed by atoms with Crippen molar-refractivity contribution < 1.29 is 9.94 Å². The lowest BCUT2D eigenvalue weighted by Gasteiger charge is -2.00. The van der Waals surface area contributed by atoms with Crippen LogP contribution in [0.1, 0.15) is 5.69 Å². The van der Waals surface area contributed by atoms with E-state index in [-0.39, 0.29) is 12.3 Å². The highest BCUT2D eigenvalue weighted by Gasteiger charge is 2.01. The van der Waals surface area contributed by atoms with E-state index in [9.17, 15) is 0 Å². The van der Waals surface area contributed by atoms with Crippen LogP contribution in [0.3, 0.4) is 0 Å². The maximum atomic E-state index is 8.31. The van der Waals surface area contributed by atoms with Gasteiger partial charge in [-0.15, -0.1) is 0 Å². The van der Waals surface area contributed by atoms with Gasteiger partial charge in [-0.05, 0) is 0 Å². The van der Waals surface area contributed by atoms with Gasteiger partial charge in [0.05, 0.1) is 19.2 Å². The summed E-state index contributed by atoms with van der Waals surface area (Å²) in [6.07, 6.45) is 1.63. The Morgan fingerprint density at radius 2 is 2.46 bits per heavy atom. The zero-order valence-electron chi connectivity index (χ0n) is 7.14. The zero-order chi connectivity index (χ0) is 9.68. The van der Waals surface area contributed by atoms with Crippen molar-refractivity contribution in [3.8, 4) is 5.88 Å². The molecule has 0 radical (unpaired) electrons. The third-order valence-electron chi connectivity index (χ3n) is 1.40. The summed E-state index contributed by atoms with van der Waals surface area (Å²) in [4.78, 5) is 7.73. The molecule has 0 saturated heterocycles. The van der Waals surface area contributed by atoms with Gasteiger partial charge in [0.2, 0.25) is 5.88 Å². The summed E-state index contributed by atoms with van der Waals surface area (Å²) in [6.45, 7) is 0. The Hall–Kier alpha value is -1.85. The molecule has 0 atom stereocenters. The van der Waals surface area contributed by atoms with Gasteiger partial charge < -0.3 is 15.7 Å². The van der Waals surface area contributed by atoms with Crippen LogP contribution in [0.5, 0.6) is 5.88 Å². The van der Waals surface area contributed by atoms with Crippen LogP contribution in [0.2, 0.25) is 0 Å². The Labute approximate surface area is 75.1 Å². The van der Waals surface area contributed by atoms with Crippen molar-refractivity contribution in [1.29, 1.82) is 0 Å². The maximum absolute atomic E-state index is 8.31. The Morgan fingerprint density at radius 3 is 3.08 bits per heavy atom. The smallest absolute Gasteiger partial charge is 0.216 e. The molecule has 1 heterocycles. The van der Waals surface area contributed by atoms with E-state index in [0.717, 1.165) is 0 Å². The molecule has 0 amide bonds. The van der Waals surface area contributed by atoms with Crippen LogP contribution in [-0.4, -0.2) is 28.1 Å². The molecule has 0 bridgehead atoms. The standard InChI is InChI=1S/C7H10N4O2/c1-13-7-3-5(9-4-10-7)2-6(8)11-12/h3-4,12H,2H2,1H3,(H2,8,11). The van der Waals surface area contributed by atoms with Crippen molar-refractivity contribution in [2.24, 2.45) is 10.9 Å². The average molecular weight is 182 g/mol. The van der Waals surface area contributed by atoms with E-state index in [4.69, 9.17) is 15.7 Å². The second-order valence-electron chi connectivity index (χ2n) is 2.32. The number of oxime groups is 1. The van der Waals surface area contributed by atoms with E-state index in [1.165, 1.54) is 13.4 Å². The molecule has 0 fully saturated rings. The van der Waals surface area contributed by atoms with Gasteiger partial charge in [0.25, 0.3) is 0 Å². The minimum absolute atomic E-state index is 0.0979. The summed E-state index contributed by atoms with van der Waals surface area (Å²) < 4.78 is 4.88. The number of hydrogen-bond donors (Lipinski definition) is 2. The van der Waals surface area contributed by atoms with Gasteiger partial charge in [0.15, 0.2) is 0 Å². The van der Waals surface area contributed by atoms with Crippen LogP contribution in [0.25, 0.3) is 0 Å². The summed E-state index contributed by atoms with van der Waals surface area (Å²) in [7, 11) is 1.51. The second kappa shape index (κ2) is 4.24. The fourth-order valence-corrected chi connectivity index (χ4v) is 0.806. The van der Waals surface area contributed by atoms with Crippen LogP contribution >= 0.6 is 0 Å². The topological polar surface area (TPSA) is 93.6 Å². The van der Waals surface area contributed by atoms with Gasteiger partial charge in [-0.2, -0.15) is 0 Å². The monoisotopic (exact) mass is 182 g/mol. The first-order valence-corrected chi connectivity index (χ1v) is 3.57. The molecule has 0 aliphatic carbocycles. The highest BCUT2D eigenvalue weighted by Crippen LogP contribution is 2.05. The predicted molar refractivity (Wildman–Crippen MR) is 45.7 cm³/mol. The molecule has 70 valence electrons. The fraction of sp³-hybridized carbons (Fsp3) is 0.286. The minimum Gasteiger partial charge on any atom is -0.481 e. The number of nitrogens with two attached hydrogens (primary N) is 1. The molecule has 0 spiro atoms. The van der Waals surface area contributed by atoms with Gasteiger partial charge in [-0.3, -0.25) is 0 Å². The molecule has 6 nitrogen and oxygen atoms in total. The van der Waals surface area contributed by atoms with Crippen molar-refractivity contribution in [2.75, 3.05) is 7.11 Å². The van der Waals surface area contributed by atoms with Crippen LogP contribution in [0.15, 0.2) is 17.5 Å². The largest absolute Gasteiger partial charge is 0.481 e. The SMILES string of the molecule is COc1cc(C/C(N)=N/O)ncn1. The molecule has 0 saturated carbocycles. The predicted octanol–water partition coefficient (Wildman–Crippen LogP) is -0.226. The van der Waals surface area contributed by atoms with Gasteiger partial charge in [0.1, 0.15) is 12.2 Å². The van der Waals surface area contributed by atoms with Crippen LogP contribution in [0, 0.1) is 0 Å². The summed E-state index contributed by atoms with van der Waals surface area (Å²) in [5.41, 5.74) is 5.94. The van der Waals surface area contributed by atoms with Crippen molar-refractivity contribution >= 4 is 5.84 Å². The Kier molecular flexibility index (Phi) is 3.02. The molecule has 13 heavy (non-hydrogen) atoms. The number of methoxy groups -OCH3 is 1. The Bertz CT molecular complexity index is 313. The number of hydrogen-bond acceptors (Lipinski definition) is 5. The van der Waals surface area contributed by atoms with Crippen LogP contribution in [-0.2, 0) is 6.42 Å². The van der Waals surface area contributed by atoms with Crippen molar-refractivity contribution in [3.05, 3.63) is 18.1 Å². The second-order valence-corrected chi connectivity index (χ2v) is 2.32. The van der Waals surface area contributed by atoms with Crippen LogP contribution < -0.4 is 10.5 Å². The van der Waals surface area contributed by atoms with E-state index in [2.05, 4.69) is 15.1 Å². The van der Waals surface area contributed by atoms with Gasteiger partial charge in [0, 0.05) is 6.07 Å². The molecule has 6 heteroatoms. The highest BCUT2D eigenvalue weighted by atomic mass is 16.5. The van der Waals surface area contributed by atoms with E-state index in [1.54, 1.807) is 6.07 Å². The average Bonchev–Trinajstić information content (AvgIpc) is 2.18. The number of ether oxygens (including phenoxy) is 1. The van der Waals surface area contributed by atoms with Gasteiger partial charge in [-0.25, -0.2) is 9.97 Å². The van der Waals surface area contributed by atoms with E-state index >= 15 is 0 Å². The van der Waals surface area contributed by atoms with Gasteiger partial charge >= 0.3 is 0 Å². The highest BCUT2D eigenvalue weighted by molar-refractivity contribution is 5.81. The minimum atomic E-state index is 0.0979. The summed E-state index contributed by atoms with van der Waals surface area (Å²) in [5.74, 6) is 0.552. The molecule has 0 unspecified atom stereocenters. The first kappa shape index (κ1) is 9.24. The first-order valence-electron chi connectivity index (χ1n) is 3.57. The molecule has 3 N–H and O–H groups in total. The molecule has 1 rings (SSSR count).